The third-order valence-electron chi connectivity index (χ3n) is 7.80. The first-order valence-corrected chi connectivity index (χ1v) is 15.6. The molecule has 0 saturated heterocycles. The normalized spacial score (nSPS) is 13.3. The van der Waals surface area contributed by atoms with Crippen molar-refractivity contribution in [1.29, 1.82) is 0 Å². The zero-order valence-electron chi connectivity index (χ0n) is 26.8. The Kier molecular flexibility index (Phi) is 9.01. The molecular formula is C39H39N3O4. The summed E-state index contributed by atoms with van der Waals surface area (Å²) >= 11 is 0. The molecule has 0 saturated carbocycles. The summed E-state index contributed by atoms with van der Waals surface area (Å²) in [6, 6.07) is 30.4. The molecule has 3 heterocycles. The first-order chi connectivity index (χ1) is 22.2. The molecule has 1 aliphatic heterocycles. The highest BCUT2D eigenvalue weighted by Gasteiger charge is 2.24. The Bertz CT molecular complexity index is 1860. The molecule has 3 aromatic carbocycles. The van der Waals surface area contributed by atoms with Crippen LogP contribution in [0.4, 0.5) is 4.79 Å². The molecule has 0 fully saturated rings. The van der Waals surface area contributed by atoms with Gasteiger partial charge in [-0.05, 0) is 86.2 Å². The first-order valence-electron chi connectivity index (χ1n) is 15.6. The van der Waals surface area contributed by atoms with E-state index in [1.165, 1.54) is 5.57 Å². The average Bonchev–Trinajstić information content (AvgIpc) is 3.06. The first kappa shape index (κ1) is 30.8. The van der Waals surface area contributed by atoms with Crippen LogP contribution in [-0.4, -0.2) is 39.7 Å². The molecule has 1 amide bonds. The Morgan fingerprint density at radius 1 is 0.848 bits per heavy atom. The number of aryl methyl sites for hydroxylation is 1. The number of carbonyl (C=O) groups is 1. The van der Waals surface area contributed by atoms with Crippen molar-refractivity contribution in [3.8, 4) is 22.9 Å². The van der Waals surface area contributed by atoms with Gasteiger partial charge in [0.15, 0.2) is 0 Å². The van der Waals surface area contributed by atoms with Crippen molar-refractivity contribution in [3.63, 3.8) is 0 Å². The summed E-state index contributed by atoms with van der Waals surface area (Å²) in [5, 5.41) is 1.03. The molecule has 0 atom stereocenters. The van der Waals surface area contributed by atoms with Gasteiger partial charge in [0.05, 0.1) is 5.52 Å². The predicted molar refractivity (Wildman–Crippen MR) is 182 cm³/mol. The molecule has 0 radical (unpaired) electrons. The Balaban J connectivity index is 1.28. The van der Waals surface area contributed by atoms with Crippen molar-refractivity contribution >= 4 is 22.6 Å². The van der Waals surface area contributed by atoms with E-state index in [9.17, 15) is 4.79 Å². The van der Waals surface area contributed by atoms with E-state index in [4.69, 9.17) is 24.2 Å². The lowest BCUT2D eigenvalue weighted by Gasteiger charge is -2.29. The van der Waals surface area contributed by atoms with Crippen molar-refractivity contribution in [2.24, 2.45) is 0 Å². The van der Waals surface area contributed by atoms with Crippen molar-refractivity contribution in [2.45, 2.75) is 52.9 Å². The van der Waals surface area contributed by atoms with Gasteiger partial charge in [0.25, 0.3) is 0 Å². The van der Waals surface area contributed by atoms with Gasteiger partial charge in [-0.1, -0.05) is 66.7 Å². The number of hydrogen-bond acceptors (Lipinski definition) is 6. The number of pyridine rings is 2. The summed E-state index contributed by atoms with van der Waals surface area (Å²) in [5.74, 6) is 0.980. The van der Waals surface area contributed by atoms with Crippen LogP contribution in [0.15, 0.2) is 103 Å². The summed E-state index contributed by atoms with van der Waals surface area (Å²) in [6.07, 6.45) is 4.48. The third kappa shape index (κ3) is 7.54. The maximum absolute atomic E-state index is 12.6. The van der Waals surface area contributed by atoms with E-state index in [0.717, 1.165) is 50.7 Å². The van der Waals surface area contributed by atoms with Gasteiger partial charge in [0.1, 0.15) is 18.8 Å². The largest absolute Gasteiger partial charge is 0.473 e. The van der Waals surface area contributed by atoms with Gasteiger partial charge in [-0.2, -0.15) is 4.98 Å². The summed E-state index contributed by atoms with van der Waals surface area (Å²) in [4.78, 5) is 24.0. The van der Waals surface area contributed by atoms with Crippen LogP contribution in [0, 0.1) is 6.92 Å². The zero-order chi connectivity index (χ0) is 32.1. The van der Waals surface area contributed by atoms with Crippen LogP contribution in [0.1, 0.15) is 49.4 Å². The van der Waals surface area contributed by atoms with Crippen LogP contribution in [0.5, 0.6) is 11.8 Å². The quantitative estimate of drug-likeness (QED) is 0.174. The number of benzene rings is 3. The van der Waals surface area contributed by atoms with Gasteiger partial charge < -0.3 is 19.1 Å². The van der Waals surface area contributed by atoms with Gasteiger partial charge in [0, 0.05) is 41.9 Å². The fourth-order valence-electron chi connectivity index (χ4n) is 5.48. The molecule has 0 aliphatic carbocycles. The van der Waals surface area contributed by atoms with Gasteiger partial charge in [-0.25, -0.2) is 4.79 Å². The lowest BCUT2D eigenvalue weighted by atomic mass is 9.95. The Morgan fingerprint density at radius 2 is 1.52 bits per heavy atom. The Labute approximate surface area is 270 Å². The van der Waals surface area contributed by atoms with E-state index in [2.05, 4.69) is 31.2 Å². The number of rotatable bonds is 8. The number of amides is 1. The summed E-state index contributed by atoms with van der Waals surface area (Å²) < 4.78 is 17.9. The molecular weight excluding hydrogens is 574 g/mol. The van der Waals surface area contributed by atoms with E-state index in [0.29, 0.717) is 38.1 Å². The second-order valence-electron chi connectivity index (χ2n) is 12.5. The SMILES string of the molecule is Cc1cc(C2=CCN(C(=O)OC(C)(C)C)CC2)cc2cc(-c3ccc(OCc4ccccc4)nc3OCc3ccccc3)cnc12. The Hall–Kier alpha value is -5.17. The minimum atomic E-state index is -0.515. The van der Waals surface area contributed by atoms with E-state index < -0.39 is 5.60 Å². The minimum absolute atomic E-state index is 0.276. The molecule has 0 bridgehead atoms. The summed E-state index contributed by atoms with van der Waals surface area (Å²) in [6.45, 7) is 9.67. The highest BCUT2D eigenvalue weighted by Crippen LogP contribution is 2.35. The van der Waals surface area contributed by atoms with Gasteiger partial charge in [-0.3, -0.25) is 4.98 Å². The molecule has 234 valence electrons. The zero-order valence-corrected chi connectivity index (χ0v) is 26.8. The molecule has 7 heteroatoms. The lowest BCUT2D eigenvalue weighted by Crippen LogP contribution is -2.39. The minimum Gasteiger partial charge on any atom is -0.473 e. The highest BCUT2D eigenvalue weighted by atomic mass is 16.6. The molecule has 46 heavy (non-hydrogen) atoms. The van der Waals surface area contributed by atoms with E-state index >= 15 is 0 Å². The second kappa shape index (κ2) is 13.4. The molecule has 1 aliphatic rings. The number of hydrogen-bond donors (Lipinski definition) is 0. The van der Waals surface area contributed by atoms with Crippen molar-refractivity contribution in [1.82, 2.24) is 14.9 Å². The van der Waals surface area contributed by atoms with Crippen molar-refractivity contribution in [3.05, 3.63) is 126 Å². The standard InChI is InChI=1S/C39H39N3O4/c1-27-21-31(30-17-19-42(20-18-30)38(43)46-39(2,3)4)22-32-23-33(24-40-36(27)32)34-15-16-35(44-25-28-11-7-5-8-12-28)41-37(34)45-26-29-13-9-6-10-14-29/h5-17,21-24H,18-20,25-26H2,1-4H3. The average molecular weight is 614 g/mol. The Morgan fingerprint density at radius 3 is 2.17 bits per heavy atom. The fourth-order valence-corrected chi connectivity index (χ4v) is 5.48. The molecule has 0 N–H and O–H groups in total. The molecule has 2 aromatic heterocycles. The van der Waals surface area contributed by atoms with E-state index in [1.807, 2.05) is 99.8 Å². The molecule has 0 unspecified atom stereocenters. The van der Waals surface area contributed by atoms with Crippen molar-refractivity contribution in [2.75, 3.05) is 13.1 Å². The second-order valence-corrected chi connectivity index (χ2v) is 12.5. The molecule has 6 rings (SSSR count). The number of nitrogens with zero attached hydrogens (tertiary/aromatic N) is 3. The van der Waals surface area contributed by atoms with E-state index in [1.54, 1.807) is 4.90 Å². The van der Waals surface area contributed by atoms with Crippen LogP contribution in [0.25, 0.3) is 27.6 Å². The van der Waals surface area contributed by atoms with Gasteiger partial charge in [-0.15, -0.1) is 0 Å². The number of aromatic nitrogens is 2. The van der Waals surface area contributed by atoms with Crippen LogP contribution < -0.4 is 9.47 Å². The van der Waals surface area contributed by atoms with Gasteiger partial charge >= 0.3 is 6.09 Å². The molecule has 0 spiro atoms. The monoisotopic (exact) mass is 613 g/mol. The fraction of sp³-hybridized carbons (Fsp3) is 0.256. The summed E-state index contributed by atoms with van der Waals surface area (Å²) in [7, 11) is 0. The lowest BCUT2D eigenvalue weighted by molar-refractivity contribution is 0.0270. The predicted octanol–water partition coefficient (Wildman–Crippen LogP) is 8.79. The number of fused-ring (bicyclic) bond motifs is 1. The van der Waals surface area contributed by atoms with Crippen LogP contribution in [-0.2, 0) is 18.0 Å². The summed E-state index contributed by atoms with van der Waals surface area (Å²) in [5.41, 5.74) is 7.73. The van der Waals surface area contributed by atoms with Crippen LogP contribution in [0.2, 0.25) is 0 Å². The van der Waals surface area contributed by atoms with Gasteiger partial charge in [0.2, 0.25) is 11.8 Å². The van der Waals surface area contributed by atoms with E-state index in [-0.39, 0.29) is 6.09 Å². The molecule has 7 nitrogen and oxygen atoms in total. The maximum atomic E-state index is 12.6. The third-order valence-corrected chi connectivity index (χ3v) is 7.80. The smallest absolute Gasteiger partial charge is 0.410 e. The number of ether oxygens (including phenoxy) is 3. The van der Waals surface area contributed by atoms with Crippen LogP contribution in [0.3, 0.4) is 0 Å². The number of carbonyl (C=O) groups excluding carboxylic acids is 1. The van der Waals surface area contributed by atoms with Crippen molar-refractivity contribution < 1.29 is 19.0 Å². The van der Waals surface area contributed by atoms with Crippen LogP contribution >= 0.6 is 0 Å². The molecule has 5 aromatic rings. The maximum Gasteiger partial charge on any atom is 0.410 e. The topological polar surface area (TPSA) is 73.8 Å². The highest BCUT2D eigenvalue weighted by molar-refractivity contribution is 5.90.